The number of para-hydroxylation sites is 1. The molecule has 2 N–H and O–H groups in total. The standard InChI is InChI=1S/C23H17N5O2S/c24-13-15(23-26-16-8-4-5-9-19(16)31-23)22(28-20(25)12-21(29)27-28)18-11-10-17(30-18)14-6-2-1-3-7-14/h1-11,15,22,25H,12H2,(H,27,29)/t15-,22+/m1/s1. The summed E-state index contributed by atoms with van der Waals surface area (Å²) < 4.78 is 7.12. The summed E-state index contributed by atoms with van der Waals surface area (Å²) in [5.74, 6) is 0.195. The summed E-state index contributed by atoms with van der Waals surface area (Å²) in [6, 6.07) is 22.6. The second kappa shape index (κ2) is 7.70. The molecule has 4 aromatic rings. The Bertz CT molecular complexity index is 1290. The molecule has 2 atom stereocenters. The van der Waals surface area contributed by atoms with E-state index >= 15 is 0 Å². The molecule has 0 aliphatic carbocycles. The van der Waals surface area contributed by atoms with E-state index in [0.29, 0.717) is 16.5 Å². The Labute approximate surface area is 182 Å². The summed E-state index contributed by atoms with van der Waals surface area (Å²) in [4.78, 5) is 16.6. The molecule has 0 unspecified atom stereocenters. The van der Waals surface area contributed by atoms with E-state index in [2.05, 4.69) is 16.5 Å². The third-order valence-electron chi connectivity index (χ3n) is 5.15. The number of benzene rings is 2. The number of thiazole rings is 1. The highest BCUT2D eigenvalue weighted by atomic mass is 32.1. The van der Waals surface area contributed by atoms with Gasteiger partial charge in [0.1, 0.15) is 34.3 Å². The van der Waals surface area contributed by atoms with Gasteiger partial charge in [-0.05, 0) is 24.3 Å². The highest BCUT2D eigenvalue weighted by molar-refractivity contribution is 7.18. The van der Waals surface area contributed by atoms with Crippen LogP contribution in [0, 0.1) is 16.7 Å². The van der Waals surface area contributed by atoms with Crippen molar-refractivity contribution in [2.24, 2.45) is 0 Å². The van der Waals surface area contributed by atoms with Crippen LogP contribution in [0.2, 0.25) is 0 Å². The molecule has 1 amide bonds. The number of rotatable bonds is 5. The predicted octanol–water partition coefficient (Wildman–Crippen LogP) is 4.62. The molecular formula is C23H17N5O2S. The number of carbonyl (C=O) groups is 1. The Hall–Kier alpha value is -3.96. The van der Waals surface area contributed by atoms with Crippen LogP contribution in [0.15, 0.2) is 71.1 Å². The molecule has 8 heteroatoms. The number of hydrogen-bond donors (Lipinski definition) is 2. The number of nitrogens with zero attached hydrogens (tertiary/aromatic N) is 3. The number of carbonyl (C=O) groups excluding carboxylic acids is 1. The van der Waals surface area contributed by atoms with Crippen molar-refractivity contribution in [2.45, 2.75) is 18.4 Å². The van der Waals surface area contributed by atoms with Crippen LogP contribution in [0.25, 0.3) is 21.5 Å². The second-order valence-electron chi connectivity index (χ2n) is 7.17. The third-order valence-corrected chi connectivity index (χ3v) is 6.27. The topological polar surface area (TPSA) is 106 Å². The van der Waals surface area contributed by atoms with Crippen LogP contribution >= 0.6 is 11.3 Å². The maximum atomic E-state index is 12.0. The van der Waals surface area contributed by atoms with E-state index in [1.807, 2.05) is 60.7 Å². The van der Waals surface area contributed by atoms with Crippen molar-refractivity contribution < 1.29 is 9.21 Å². The van der Waals surface area contributed by atoms with Gasteiger partial charge in [-0.15, -0.1) is 11.3 Å². The summed E-state index contributed by atoms with van der Waals surface area (Å²) >= 11 is 1.43. The van der Waals surface area contributed by atoms with Crippen molar-refractivity contribution >= 4 is 33.3 Å². The Morgan fingerprint density at radius 2 is 1.90 bits per heavy atom. The summed E-state index contributed by atoms with van der Waals surface area (Å²) in [5.41, 5.74) is 4.42. The highest BCUT2D eigenvalue weighted by Gasteiger charge is 2.40. The molecule has 5 rings (SSSR count). The van der Waals surface area contributed by atoms with Crippen LogP contribution in [0.4, 0.5) is 0 Å². The zero-order valence-corrected chi connectivity index (χ0v) is 17.1. The Morgan fingerprint density at radius 3 is 2.61 bits per heavy atom. The normalized spacial score (nSPS) is 15.6. The van der Waals surface area contributed by atoms with Gasteiger partial charge in [0.25, 0.3) is 0 Å². The van der Waals surface area contributed by atoms with Crippen LogP contribution in [0.3, 0.4) is 0 Å². The van der Waals surface area contributed by atoms with Crippen molar-refractivity contribution in [3.63, 3.8) is 0 Å². The molecule has 0 saturated carbocycles. The van der Waals surface area contributed by atoms with Crippen molar-refractivity contribution in [3.05, 3.63) is 77.5 Å². The van der Waals surface area contributed by atoms with Gasteiger partial charge in [0.2, 0.25) is 5.91 Å². The van der Waals surface area contributed by atoms with Gasteiger partial charge in [0.15, 0.2) is 0 Å². The number of hydrogen-bond acceptors (Lipinski definition) is 6. The van der Waals surface area contributed by atoms with Gasteiger partial charge < -0.3 is 4.42 Å². The minimum absolute atomic E-state index is 0.0409. The fourth-order valence-corrected chi connectivity index (χ4v) is 4.75. The van der Waals surface area contributed by atoms with Gasteiger partial charge in [-0.25, -0.2) is 4.98 Å². The SMILES string of the molecule is N#C[C@@H](c1nc2ccccc2s1)[C@@H](c1ccc(-c2ccccc2)o1)N1NC(=O)CC1=N. The zero-order chi connectivity index (χ0) is 21.4. The smallest absolute Gasteiger partial charge is 0.246 e. The van der Waals surface area contributed by atoms with E-state index in [4.69, 9.17) is 9.83 Å². The van der Waals surface area contributed by atoms with E-state index in [1.165, 1.54) is 16.3 Å². The number of fused-ring (bicyclic) bond motifs is 1. The molecule has 3 heterocycles. The van der Waals surface area contributed by atoms with Crippen molar-refractivity contribution in [1.82, 2.24) is 15.4 Å². The number of amides is 1. The summed E-state index contributed by atoms with van der Waals surface area (Å²) in [5, 5.41) is 20.5. The molecule has 0 spiro atoms. The monoisotopic (exact) mass is 427 g/mol. The molecule has 0 bridgehead atoms. The van der Waals surface area contributed by atoms with Gasteiger partial charge in [-0.1, -0.05) is 42.5 Å². The molecule has 2 aromatic heterocycles. The van der Waals surface area contributed by atoms with Crippen molar-refractivity contribution in [1.29, 1.82) is 10.7 Å². The van der Waals surface area contributed by atoms with Crippen LogP contribution in [0.5, 0.6) is 0 Å². The first-order chi connectivity index (χ1) is 15.1. The molecule has 0 radical (unpaired) electrons. The number of nitrogens with one attached hydrogen (secondary N) is 2. The van der Waals surface area contributed by atoms with Gasteiger partial charge >= 0.3 is 0 Å². The molecule has 31 heavy (non-hydrogen) atoms. The molecule has 1 saturated heterocycles. The summed E-state index contributed by atoms with van der Waals surface area (Å²) in [6.45, 7) is 0. The van der Waals surface area contributed by atoms with E-state index < -0.39 is 12.0 Å². The lowest BCUT2D eigenvalue weighted by Gasteiger charge is -2.29. The maximum Gasteiger partial charge on any atom is 0.246 e. The number of nitriles is 1. The second-order valence-corrected chi connectivity index (χ2v) is 8.23. The molecule has 152 valence electrons. The van der Waals surface area contributed by atoms with Crippen molar-refractivity contribution in [2.75, 3.05) is 0 Å². The van der Waals surface area contributed by atoms with Gasteiger partial charge in [-0.2, -0.15) is 5.26 Å². The van der Waals surface area contributed by atoms with Crippen LogP contribution in [-0.2, 0) is 4.79 Å². The highest BCUT2D eigenvalue weighted by Crippen LogP contribution is 2.41. The lowest BCUT2D eigenvalue weighted by molar-refractivity contribution is -0.121. The first-order valence-corrected chi connectivity index (χ1v) is 10.5. The fourth-order valence-electron chi connectivity index (χ4n) is 3.71. The first-order valence-electron chi connectivity index (χ1n) is 9.70. The van der Waals surface area contributed by atoms with E-state index in [0.717, 1.165) is 15.8 Å². The third kappa shape index (κ3) is 3.45. The van der Waals surface area contributed by atoms with Crippen LogP contribution < -0.4 is 5.43 Å². The number of amidine groups is 1. The zero-order valence-electron chi connectivity index (χ0n) is 16.3. The molecule has 7 nitrogen and oxygen atoms in total. The number of aromatic nitrogens is 1. The van der Waals surface area contributed by atoms with E-state index in [-0.39, 0.29) is 18.2 Å². The average Bonchev–Trinajstić information content (AvgIpc) is 3.50. The lowest BCUT2D eigenvalue weighted by Crippen LogP contribution is -2.41. The minimum atomic E-state index is -0.745. The predicted molar refractivity (Wildman–Crippen MR) is 117 cm³/mol. The molecule has 1 fully saturated rings. The Balaban J connectivity index is 1.60. The molecule has 1 aliphatic rings. The quantitative estimate of drug-likeness (QED) is 0.483. The van der Waals surface area contributed by atoms with E-state index in [9.17, 15) is 10.1 Å². The maximum absolute atomic E-state index is 12.0. The van der Waals surface area contributed by atoms with Gasteiger partial charge in [0.05, 0.1) is 22.7 Å². The van der Waals surface area contributed by atoms with Crippen molar-refractivity contribution in [3.8, 4) is 17.4 Å². The van der Waals surface area contributed by atoms with Gasteiger partial charge in [0, 0.05) is 5.56 Å². The lowest BCUT2D eigenvalue weighted by atomic mass is 9.99. The number of hydrazine groups is 1. The first kappa shape index (κ1) is 19.0. The average molecular weight is 427 g/mol. The minimum Gasteiger partial charge on any atom is -0.459 e. The molecular weight excluding hydrogens is 410 g/mol. The van der Waals surface area contributed by atoms with E-state index in [1.54, 1.807) is 6.07 Å². The Morgan fingerprint density at radius 1 is 1.13 bits per heavy atom. The largest absolute Gasteiger partial charge is 0.459 e. The fraction of sp³-hybridized carbons (Fsp3) is 0.130. The van der Waals surface area contributed by atoms with Gasteiger partial charge in [-0.3, -0.25) is 20.6 Å². The number of furan rings is 1. The Kier molecular flexibility index (Phi) is 4.73. The molecule has 1 aliphatic heterocycles. The van der Waals surface area contributed by atoms with Crippen LogP contribution in [0.1, 0.15) is 29.1 Å². The summed E-state index contributed by atoms with van der Waals surface area (Å²) in [6.07, 6.45) is -0.0409. The molecule has 2 aromatic carbocycles. The van der Waals surface area contributed by atoms with Crippen LogP contribution in [-0.4, -0.2) is 21.7 Å². The summed E-state index contributed by atoms with van der Waals surface area (Å²) in [7, 11) is 0.